The van der Waals surface area contributed by atoms with Crippen molar-refractivity contribution in [2.75, 3.05) is 13.2 Å². The van der Waals surface area contributed by atoms with E-state index in [0.717, 1.165) is 31.4 Å². The van der Waals surface area contributed by atoms with E-state index in [1.165, 1.54) is 5.01 Å². The van der Waals surface area contributed by atoms with E-state index in [-0.39, 0.29) is 24.3 Å². The lowest BCUT2D eigenvalue weighted by Gasteiger charge is -2.16. The molecule has 16 heavy (non-hydrogen) atoms. The lowest BCUT2D eigenvalue weighted by molar-refractivity contribution is -0.148. The third-order valence-corrected chi connectivity index (χ3v) is 2.96. The Kier molecular flexibility index (Phi) is 3.22. The van der Waals surface area contributed by atoms with Crippen molar-refractivity contribution in [2.24, 2.45) is 11.0 Å². The molecule has 1 aliphatic heterocycles. The molecule has 0 spiro atoms. The van der Waals surface area contributed by atoms with Gasteiger partial charge in [-0.1, -0.05) is 6.42 Å². The van der Waals surface area contributed by atoms with E-state index in [2.05, 4.69) is 5.10 Å². The summed E-state index contributed by atoms with van der Waals surface area (Å²) in [4.78, 5) is 23.1. The van der Waals surface area contributed by atoms with Gasteiger partial charge in [0.15, 0.2) is 0 Å². The summed E-state index contributed by atoms with van der Waals surface area (Å²) in [6, 6.07) is 0. The highest BCUT2D eigenvalue weighted by Crippen LogP contribution is 2.28. The average molecular weight is 224 g/mol. The second-order valence-electron chi connectivity index (χ2n) is 4.09. The van der Waals surface area contributed by atoms with Gasteiger partial charge < -0.3 is 4.74 Å². The van der Waals surface area contributed by atoms with Gasteiger partial charge in [-0.3, -0.25) is 9.59 Å². The van der Waals surface area contributed by atoms with Crippen LogP contribution in [0.5, 0.6) is 0 Å². The van der Waals surface area contributed by atoms with Crippen molar-refractivity contribution in [3.8, 4) is 0 Å². The highest BCUT2D eigenvalue weighted by Gasteiger charge is 2.37. The summed E-state index contributed by atoms with van der Waals surface area (Å²) in [5.41, 5.74) is 0.945. The molecule has 0 saturated heterocycles. The van der Waals surface area contributed by atoms with Crippen LogP contribution in [0.25, 0.3) is 0 Å². The average Bonchev–Trinajstić information content (AvgIpc) is 2.57. The van der Waals surface area contributed by atoms with Gasteiger partial charge >= 0.3 is 5.97 Å². The molecule has 0 radical (unpaired) electrons. The first-order valence-electron chi connectivity index (χ1n) is 5.76. The van der Waals surface area contributed by atoms with E-state index in [9.17, 15) is 9.59 Å². The van der Waals surface area contributed by atoms with E-state index >= 15 is 0 Å². The van der Waals surface area contributed by atoms with Crippen LogP contribution in [0, 0.1) is 5.92 Å². The third-order valence-electron chi connectivity index (χ3n) is 2.96. The smallest absolute Gasteiger partial charge is 0.327 e. The van der Waals surface area contributed by atoms with Crippen LogP contribution in [-0.4, -0.2) is 35.7 Å². The van der Waals surface area contributed by atoms with Crippen LogP contribution in [-0.2, 0) is 14.3 Å². The monoisotopic (exact) mass is 224 g/mol. The molecule has 0 N–H and O–H groups in total. The van der Waals surface area contributed by atoms with Gasteiger partial charge in [0.05, 0.1) is 18.2 Å². The molecular weight excluding hydrogens is 208 g/mol. The first-order chi connectivity index (χ1) is 7.72. The summed E-state index contributed by atoms with van der Waals surface area (Å²) in [7, 11) is 0. The van der Waals surface area contributed by atoms with Gasteiger partial charge in [0.2, 0.25) is 0 Å². The van der Waals surface area contributed by atoms with Crippen molar-refractivity contribution < 1.29 is 14.3 Å². The molecule has 0 bridgehead atoms. The minimum Gasteiger partial charge on any atom is -0.465 e. The molecule has 2 aliphatic rings. The first kappa shape index (κ1) is 11.1. The normalized spacial score (nSPS) is 24.1. The predicted octanol–water partition coefficient (Wildman–Crippen LogP) is 0.938. The van der Waals surface area contributed by atoms with Gasteiger partial charge in [-0.15, -0.1) is 0 Å². The van der Waals surface area contributed by atoms with E-state index in [4.69, 9.17) is 4.74 Å². The van der Waals surface area contributed by atoms with Crippen LogP contribution in [0.1, 0.15) is 32.6 Å². The zero-order chi connectivity index (χ0) is 11.5. The van der Waals surface area contributed by atoms with E-state index < -0.39 is 0 Å². The molecule has 88 valence electrons. The second-order valence-corrected chi connectivity index (χ2v) is 4.09. The lowest BCUT2D eigenvalue weighted by Crippen LogP contribution is -2.33. The highest BCUT2D eigenvalue weighted by molar-refractivity contribution is 6.08. The summed E-state index contributed by atoms with van der Waals surface area (Å²) >= 11 is 0. The minimum atomic E-state index is -0.390. The van der Waals surface area contributed by atoms with Crippen LogP contribution in [0.4, 0.5) is 0 Å². The standard InChI is InChI=1S/C11H16N2O3/c1-2-16-10(14)7-13-11(15)8-5-3-4-6-9(8)12-13/h8H,2-7H2,1H3. The molecule has 1 aliphatic carbocycles. The highest BCUT2D eigenvalue weighted by atomic mass is 16.5. The molecule has 2 rings (SSSR count). The SMILES string of the molecule is CCOC(=O)CN1N=C2CCCCC2C1=O. The summed E-state index contributed by atoms with van der Waals surface area (Å²) in [6.45, 7) is 2.03. The molecule has 1 atom stereocenters. The van der Waals surface area contributed by atoms with Gasteiger partial charge in [-0.2, -0.15) is 5.10 Å². The van der Waals surface area contributed by atoms with E-state index in [1.54, 1.807) is 6.92 Å². The maximum Gasteiger partial charge on any atom is 0.327 e. The number of ether oxygens (including phenoxy) is 1. The summed E-state index contributed by atoms with van der Waals surface area (Å²) < 4.78 is 4.80. The molecule has 1 heterocycles. The fraction of sp³-hybridized carbons (Fsp3) is 0.727. The Hall–Kier alpha value is -1.39. The Morgan fingerprint density at radius 3 is 3.06 bits per heavy atom. The van der Waals surface area contributed by atoms with Crippen molar-refractivity contribution >= 4 is 17.6 Å². The molecule has 1 amide bonds. The van der Waals surface area contributed by atoms with E-state index in [1.807, 2.05) is 0 Å². The molecule has 1 unspecified atom stereocenters. The summed E-state index contributed by atoms with van der Waals surface area (Å²) in [5.74, 6) is -0.496. The topological polar surface area (TPSA) is 59.0 Å². The van der Waals surface area contributed by atoms with Crippen molar-refractivity contribution in [1.82, 2.24) is 5.01 Å². The minimum absolute atomic E-state index is 0.0391. The number of rotatable bonds is 3. The van der Waals surface area contributed by atoms with Gasteiger partial charge in [-0.05, 0) is 26.2 Å². The largest absolute Gasteiger partial charge is 0.465 e. The number of hydrazone groups is 1. The maximum absolute atomic E-state index is 11.9. The quantitative estimate of drug-likeness (QED) is 0.670. The van der Waals surface area contributed by atoms with Crippen LogP contribution in [0.15, 0.2) is 5.10 Å². The Labute approximate surface area is 94.4 Å². The number of hydrogen-bond donors (Lipinski definition) is 0. The van der Waals surface area contributed by atoms with Gasteiger partial charge in [0, 0.05) is 0 Å². The van der Waals surface area contributed by atoms with Gasteiger partial charge in [-0.25, -0.2) is 5.01 Å². The maximum atomic E-state index is 11.9. The number of hydrogen-bond acceptors (Lipinski definition) is 4. The number of carbonyl (C=O) groups is 2. The third kappa shape index (κ3) is 2.08. The molecule has 0 aromatic rings. The fourth-order valence-electron chi connectivity index (χ4n) is 2.21. The summed E-state index contributed by atoms with van der Waals surface area (Å²) in [6.07, 6.45) is 3.92. The number of amides is 1. The Morgan fingerprint density at radius 2 is 2.38 bits per heavy atom. The molecular formula is C11H16N2O3. The van der Waals surface area contributed by atoms with Crippen LogP contribution >= 0.6 is 0 Å². The van der Waals surface area contributed by atoms with Crippen LogP contribution < -0.4 is 0 Å². The van der Waals surface area contributed by atoms with Crippen molar-refractivity contribution in [3.05, 3.63) is 0 Å². The molecule has 1 saturated carbocycles. The second kappa shape index (κ2) is 4.63. The van der Waals surface area contributed by atoms with Crippen LogP contribution in [0.2, 0.25) is 0 Å². The van der Waals surface area contributed by atoms with Crippen molar-refractivity contribution in [2.45, 2.75) is 32.6 Å². The molecule has 0 aromatic heterocycles. The first-order valence-corrected chi connectivity index (χ1v) is 5.76. The summed E-state index contributed by atoms with van der Waals surface area (Å²) in [5, 5.41) is 5.48. The van der Waals surface area contributed by atoms with E-state index in [0.29, 0.717) is 6.61 Å². The Bertz CT molecular complexity index is 338. The van der Waals surface area contributed by atoms with Gasteiger partial charge in [0.25, 0.3) is 5.91 Å². The zero-order valence-electron chi connectivity index (χ0n) is 9.44. The molecule has 0 aromatic carbocycles. The number of carbonyl (C=O) groups excluding carboxylic acids is 2. The number of esters is 1. The predicted molar refractivity (Wildman–Crippen MR) is 57.7 cm³/mol. The number of fused-ring (bicyclic) bond motifs is 1. The fourth-order valence-corrected chi connectivity index (χ4v) is 2.21. The van der Waals surface area contributed by atoms with Crippen molar-refractivity contribution in [1.29, 1.82) is 0 Å². The lowest BCUT2D eigenvalue weighted by atomic mass is 9.87. The van der Waals surface area contributed by atoms with Gasteiger partial charge in [0.1, 0.15) is 6.54 Å². The Balaban J connectivity index is 1.99. The van der Waals surface area contributed by atoms with Crippen LogP contribution in [0.3, 0.4) is 0 Å². The molecule has 5 nitrogen and oxygen atoms in total. The zero-order valence-corrected chi connectivity index (χ0v) is 9.44. The van der Waals surface area contributed by atoms with Crippen molar-refractivity contribution in [3.63, 3.8) is 0 Å². The number of nitrogens with zero attached hydrogens (tertiary/aromatic N) is 2. The molecule has 1 fully saturated rings. The molecule has 5 heteroatoms. The Morgan fingerprint density at radius 1 is 1.56 bits per heavy atom.